The van der Waals surface area contributed by atoms with Crippen molar-refractivity contribution in [3.05, 3.63) is 0 Å². The molecule has 0 bridgehead atoms. The fourth-order valence-corrected chi connectivity index (χ4v) is 1.85. The Morgan fingerprint density at radius 2 is 2.00 bits per heavy atom. The van der Waals surface area contributed by atoms with Gasteiger partial charge in [0.1, 0.15) is 23.9 Å². The number of hydrogen-bond acceptors (Lipinski definition) is 6. The van der Waals surface area contributed by atoms with Gasteiger partial charge in [0.05, 0.1) is 19.3 Å². The van der Waals surface area contributed by atoms with Crippen LogP contribution in [0.25, 0.3) is 0 Å². The SMILES string of the molecule is COCC1(C)OC(CO)C(O)C(O)C1N. The number of hydrogen-bond donors (Lipinski definition) is 4. The molecule has 0 aliphatic carbocycles. The second kappa shape index (κ2) is 4.73. The largest absolute Gasteiger partial charge is 0.394 e. The number of aliphatic hydroxyl groups excluding tert-OH is 3. The average molecular weight is 221 g/mol. The van der Waals surface area contributed by atoms with E-state index in [-0.39, 0.29) is 13.2 Å². The summed E-state index contributed by atoms with van der Waals surface area (Å²) in [5.41, 5.74) is 4.85. The van der Waals surface area contributed by atoms with Crippen LogP contribution in [-0.2, 0) is 9.47 Å². The van der Waals surface area contributed by atoms with E-state index in [9.17, 15) is 10.2 Å². The smallest absolute Gasteiger partial charge is 0.110 e. The molecular formula is C9H19NO5. The van der Waals surface area contributed by atoms with Crippen LogP contribution in [0.3, 0.4) is 0 Å². The summed E-state index contributed by atoms with van der Waals surface area (Å²) in [4.78, 5) is 0. The highest BCUT2D eigenvalue weighted by atomic mass is 16.6. The van der Waals surface area contributed by atoms with Crippen molar-refractivity contribution in [2.45, 2.75) is 36.9 Å². The zero-order valence-corrected chi connectivity index (χ0v) is 8.96. The Morgan fingerprint density at radius 1 is 1.40 bits per heavy atom. The van der Waals surface area contributed by atoms with Crippen LogP contribution in [0.2, 0.25) is 0 Å². The Balaban J connectivity index is 2.82. The first-order chi connectivity index (χ1) is 6.96. The van der Waals surface area contributed by atoms with Crippen LogP contribution in [-0.4, -0.2) is 65.6 Å². The van der Waals surface area contributed by atoms with Crippen LogP contribution in [0.5, 0.6) is 0 Å². The number of nitrogens with two attached hydrogens (primary N) is 1. The van der Waals surface area contributed by atoms with E-state index in [0.29, 0.717) is 0 Å². The number of ether oxygens (including phenoxy) is 2. The molecule has 1 rings (SSSR count). The minimum Gasteiger partial charge on any atom is -0.394 e. The first-order valence-corrected chi connectivity index (χ1v) is 4.85. The highest BCUT2D eigenvalue weighted by Gasteiger charge is 2.49. The van der Waals surface area contributed by atoms with Crippen molar-refractivity contribution < 1.29 is 24.8 Å². The van der Waals surface area contributed by atoms with E-state index in [0.717, 1.165) is 0 Å². The predicted octanol–water partition coefficient (Wildman–Crippen LogP) is -2.17. The van der Waals surface area contributed by atoms with E-state index in [2.05, 4.69) is 0 Å². The number of aliphatic hydroxyl groups is 3. The van der Waals surface area contributed by atoms with Crippen LogP contribution >= 0.6 is 0 Å². The summed E-state index contributed by atoms with van der Waals surface area (Å²) in [6, 6.07) is -0.754. The van der Waals surface area contributed by atoms with Crippen LogP contribution in [0.1, 0.15) is 6.92 Å². The fourth-order valence-electron chi connectivity index (χ4n) is 1.85. The summed E-state index contributed by atoms with van der Waals surface area (Å²) in [6.45, 7) is 1.50. The van der Waals surface area contributed by atoms with Crippen molar-refractivity contribution in [3.63, 3.8) is 0 Å². The normalized spacial score (nSPS) is 46.8. The van der Waals surface area contributed by atoms with Crippen molar-refractivity contribution in [1.29, 1.82) is 0 Å². The Kier molecular flexibility index (Phi) is 4.05. The van der Waals surface area contributed by atoms with Crippen molar-refractivity contribution in [2.24, 2.45) is 5.73 Å². The summed E-state index contributed by atoms with van der Waals surface area (Å²) < 4.78 is 10.4. The number of methoxy groups -OCH3 is 1. The van der Waals surface area contributed by atoms with Gasteiger partial charge < -0.3 is 30.5 Å². The van der Waals surface area contributed by atoms with Gasteiger partial charge in [0.2, 0.25) is 0 Å². The third-order valence-corrected chi connectivity index (χ3v) is 2.84. The minimum atomic E-state index is -1.17. The maximum absolute atomic E-state index is 9.69. The highest BCUT2D eigenvalue weighted by molar-refractivity contribution is 5.01. The van der Waals surface area contributed by atoms with E-state index >= 15 is 0 Å². The zero-order chi connectivity index (χ0) is 11.6. The molecular weight excluding hydrogens is 202 g/mol. The summed E-state index contributed by atoms with van der Waals surface area (Å²) in [6.07, 6.45) is -3.13. The van der Waals surface area contributed by atoms with Gasteiger partial charge in [-0.2, -0.15) is 0 Å². The molecule has 1 saturated heterocycles. The lowest BCUT2D eigenvalue weighted by atomic mass is 9.85. The van der Waals surface area contributed by atoms with E-state index in [4.69, 9.17) is 20.3 Å². The molecule has 90 valence electrons. The Morgan fingerprint density at radius 3 is 2.47 bits per heavy atom. The lowest BCUT2D eigenvalue weighted by Gasteiger charge is -2.47. The van der Waals surface area contributed by atoms with Gasteiger partial charge in [0.15, 0.2) is 0 Å². The Hall–Kier alpha value is -0.240. The van der Waals surface area contributed by atoms with Crippen LogP contribution in [0.4, 0.5) is 0 Å². The van der Waals surface area contributed by atoms with Gasteiger partial charge in [-0.3, -0.25) is 0 Å². The monoisotopic (exact) mass is 221 g/mol. The van der Waals surface area contributed by atoms with E-state index in [1.165, 1.54) is 7.11 Å². The molecule has 5 N–H and O–H groups in total. The third-order valence-electron chi connectivity index (χ3n) is 2.84. The van der Waals surface area contributed by atoms with Crippen molar-refractivity contribution in [2.75, 3.05) is 20.3 Å². The molecule has 0 aromatic heterocycles. The predicted molar refractivity (Wildman–Crippen MR) is 52.2 cm³/mol. The third kappa shape index (κ3) is 2.30. The molecule has 0 amide bonds. The van der Waals surface area contributed by atoms with Crippen molar-refractivity contribution in [1.82, 2.24) is 0 Å². The second-order valence-electron chi connectivity index (χ2n) is 4.09. The molecule has 0 saturated carbocycles. The molecule has 0 aromatic rings. The molecule has 5 unspecified atom stereocenters. The van der Waals surface area contributed by atoms with Gasteiger partial charge in [-0.05, 0) is 6.92 Å². The maximum atomic E-state index is 9.69. The fraction of sp³-hybridized carbons (Fsp3) is 1.00. The average Bonchev–Trinajstić information content (AvgIpc) is 2.21. The summed E-state index contributed by atoms with van der Waals surface area (Å²) in [7, 11) is 1.49. The van der Waals surface area contributed by atoms with Gasteiger partial charge in [-0.25, -0.2) is 0 Å². The molecule has 0 aromatic carbocycles. The van der Waals surface area contributed by atoms with Crippen LogP contribution in [0.15, 0.2) is 0 Å². The highest BCUT2D eigenvalue weighted by Crippen LogP contribution is 2.28. The number of rotatable bonds is 3. The maximum Gasteiger partial charge on any atom is 0.110 e. The molecule has 0 spiro atoms. The first kappa shape index (κ1) is 12.8. The quantitative estimate of drug-likeness (QED) is 0.432. The molecule has 5 atom stereocenters. The molecule has 6 nitrogen and oxygen atoms in total. The Bertz CT molecular complexity index is 213. The van der Waals surface area contributed by atoms with Gasteiger partial charge in [-0.1, -0.05) is 0 Å². The van der Waals surface area contributed by atoms with E-state index < -0.39 is 30.0 Å². The van der Waals surface area contributed by atoms with Crippen LogP contribution in [0, 0.1) is 0 Å². The summed E-state index contributed by atoms with van der Waals surface area (Å²) >= 11 is 0. The molecule has 6 heteroatoms. The van der Waals surface area contributed by atoms with Gasteiger partial charge >= 0.3 is 0 Å². The zero-order valence-electron chi connectivity index (χ0n) is 8.96. The summed E-state index contributed by atoms with van der Waals surface area (Å²) in [5, 5.41) is 28.2. The van der Waals surface area contributed by atoms with Gasteiger partial charge in [0, 0.05) is 7.11 Å². The second-order valence-corrected chi connectivity index (χ2v) is 4.09. The van der Waals surface area contributed by atoms with E-state index in [1.54, 1.807) is 6.92 Å². The lowest BCUT2D eigenvalue weighted by molar-refractivity contribution is -0.239. The van der Waals surface area contributed by atoms with Crippen LogP contribution < -0.4 is 5.73 Å². The van der Waals surface area contributed by atoms with Gasteiger partial charge in [-0.15, -0.1) is 0 Å². The minimum absolute atomic E-state index is 0.189. The Labute approximate surface area is 88.6 Å². The standard InChI is InChI=1S/C9H19NO5/c1-9(4-14-2)8(10)7(13)6(12)5(3-11)15-9/h5-8,11-13H,3-4,10H2,1-2H3. The van der Waals surface area contributed by atoms with Crippen molar-refractivity contribution in [3.8, 4) is 0 Å². The molecule has 1 heterocycles. The van der Waals surface area contributed by atoms with Gasteiger partial charge in [0.25, 0.3) is 0 Å². The lowest BCUT2D eigenvalue weighted by Crippen LogP contribution is -2.68. The summed E-state index contributed by atoms with van der Waals surface area (Å²) in [5.74, 6) is 0. The van der Waals surface area contributed by atoms with E-state index in [1.807, 2.05) is 0 Å². The molecule has 15 heavy (non-hydrogen) atoms. The van der Waals surface area contributed by atoms with Crippen molar-refractivity contribution >= 4 is 0 Å². The molecule has 0 radical (unpaired) electrons. The molecule has 1 aliphatic rings. The topological polar surface area (TPSA) is 105 Å². The molecule has 1 aliphatic heterocycles. The first-order valence-electron chi connectivity index (χ1n) is 4.85. The molecule has 1 fully saturated rings.